The lowest BCUT2D eigenvalue weighted by Crippen LogP contribution is -2.45. The van der Waals surface area contributed by atoms with Crippen LogP contribution in [-0.2, 0) is 4.74 Å². The molecule has 106 valence electrons. The molecule has 2 rings (SSSR count). The Kier molecular flexibility index (Phi) is 5.05. The Hall–Kier alpha value is -0.120. The first-order chi connectivity index (χ1) is 8.62. The average molecular weight is 254 g/mol. The lowest BCUT2D eigenvalue weighted by atomic mass is 9.80. The molecule has 0 amide bonds. The molecule has 0 aromatic heterocycles. The van der Waals surface area contributed by atoms with Crippen molar-refractivity contribution in [1.82, 2.24) is 5.32 Å². The second kappa shape index (κ2) is 6.36. The van der Waals surface area contributed by atoms with Crippen LogP contribution in [0.15, 0.2) is 0 Å². The van der Waals surface area contributed by atoms with Crippen LogP contribution >= 0.6 is 0 Å². The molecule has 3 heteroatoms. The topological polar surface area (TPSA) is 47.3 Å². The van der Waals surface area contributed by atoms with Crippen LogP contribution in [0.5, 0.6) is 0 Å². The van der Waals surface area contributed by atoms with Crippen LogP contribution < -0.4 is 11.1 Å². The van der Waals surface area contributed by atoms with Gasteiger partial charge >= 0.3 is 0 Å². The normalized spacial score (nSPS) is 27.0. The summed E-state index contributed by atoms with van der Waals surface area (Å²) in [5, 5.41) is 3.63. The van der Waals surface area contributed by atoms with E-state index < -0.39 is 0 Å². The van der Waals surface area contributed by atoms with E-state index >= 15 is 0 Å². The van der Waals surface area contributed by atoms with Crippen LogP contribution in [0.3, 0.4) is 0 Å². The molecule has 0 radical (unpaired) electrons. The van der Waals surface area contributed by atoms with Crippen molar-refractivity contribution >= 4 is 0 Å². The minimum absolute atomic E-state index is 0.127. The molecule has 2 aliphatic rings. The summed E-state index contributed by atoms with van der Waals surface area (Å²) in [6, 6.07) is 0. The highest BCUT2D eigenvalue weighted by molar-refractivity contribution is 4.88. The van der Waals surface area contributed by atoms with Crippen molar-refractivity contribution in [2.24, 2.45) is 11.1 Å². The van der Waals surface area contributed by atoms with E-state index in [0.29, 0.717) is 5.41 Å². The van der Waals surface area contributed by atoms with Crippen molar-refractivity contribution in [3.63, 3.8) is 0 Å². The van der Waals surface area contributed by atoms with E-state index in [1.807, 2.05) is 0 Å². The Morgan fingerprint density at radius 1 is 1.06 bits per heavy atom. The van der Waals surface area contributed by atoms with Gasteiger partial charge < -0.3 is 15.8 Å². The molecule has 0 bridgehead atoms. The van der Waals surface area contributed by atoms with Crippen LogP contribution in [0.4, 0.5) is 0 Å². The highest BCUT2D eigenvalue weighted by atomic mass is 16.5. The van der Waals surface area contributed by atoms with E-state index in [2.05, 4.69) is 12.2 Å². The van der Waals surface area contributed by atoms with Crippen LogP contribution in [0.2, 0.25) is 0 Å². The van der Waals surface area contributed by atoms with Gasteiger partial charge in [0.1, 0.15) is 0 Å². The summed E-state index contributed by atoms with van der Waals surface area (Å²) in [6.07, 6.45) is 9.99. The van der Waals surface area contributed by atoms with Gasteiger partial charge in [-0.05, 0) is 44.1 Å². The fourth-order valence-electron chi connectivity index (χ4n) is 3.27. The second-order valence-electron chi connectivity index (χ2n) is 6.77. The van der Waals surface area contributed by atoms with Crippen LogP contribution in [0, 0.1) is 5.41 Å². The summed E-state index contributed by atoms with van der Waals surface area (Å²) in [5.74, 6) is 0. The number of hydrogen-bond donors (Lipinski definition) is 2. The predicted molar refractivity (Wildman–Crippen MR) is 75.7 cm³/mol. The quantitative estimate of drug-likeness (QED) is 0.741. The van der Waals surface area contributed by atoms with Gasteiger partial charge in [-0.25, -0.2) is 0 Å². The molecule has 0 aromatic carbocycles. The number of hydrogen-bond acceptors (Lipinski definition) is 3. The summed E-state index contributed by atoms with van der Waals surface area (Å²) in [6.45, 7) is 6.43. The van der Waals surface area contributed by atoms with Crippen LogP contribution in [0.1, 0.15) is 58.3 Å². The van der Waals surface area contributed by atoms with Gasteiger partial charge in [-0.2, -0.15) is 0 Å². The largest absolute Gasteiger partial charge is 0.381 e. The van der Waals surface area contributed by atoms with Crippen molar-refractivity contribution in [2.45, 2.75) is 63.8 Å². The van der Waals surface area contributed by atoms with Crippen molar-refractivity contribution < 1.29 is 4.74 Å². The molecule has 3 nitrogen and oxygen atoms in total. The lowest BCUT2D eigenvalue weighted by Gasteiger charge is -2.36. The molecule has 0 atom stereocenters. The minimum Gasteiger partial charge on any atom is -0.381 e. The number of nitrogens with one attached hydrogen (secondary N) is 1. The third-order valence-corrected chi connectivity index (χ3v) is 4.90. The SMILES string of the molecule is CC1(CNCCC2(N)CCCCC2)CCOCC1. The molecule has 1 heterocycles. The Balaban J connectivity index is 1.63. The molecule has 0 unspecified atom stereocenters. The fourth-order valence-corrected chi connectivity index (χ4v) is 3.27. The summed E-state index contributed by atoms with van der Waals surface area (Å²) in [4.78, 5) is 0. The Morgan fingerprint density at radius 3 is 2.39 bits per heavy atom. The second-order valence-corrected chi connectivity index (χ2v) is 6.77. The van der Waals surface area contributed by atoms with Crippen LogP contribution in [0.25, 0.3) is 0 Å². The van der Waals surface area contributed by atoms with E-state index in [-0.39, 0.29) is 5.54 Å². The van der Waals surface area contributed by atoms with E-state index in [0.717, 1.165) is 32.7 Å². The summed E-state index contributed by atoms with van der Waals surface area (Å²) < 4.78 is 5.43. The fraction of sp³-hybridized carbons (Fsp3) is 1.00. The van der Waals surface area contributed by atoms with Gasteiger partial charge in [-0.15, -0.1) is 0 Å². The predicted octanol–water partition coefficient (Wildman–Crippen LogP) is 2.44. The van der Waals surface area contributed by atoms with Crippen molar-refractivity contribution in [3.05, 3.63) is 0 Å². The van der Waals surface area contributed by atoms with Gasteiger partial charge in [-0.3, -0.25) is 0 Å². The molecule has 18 heavy (non-hydrogen) atoms. The van der Waals surface area contributed by atoms with Gasteiger partial charge in [0.25, 0.3) is 0 Å². The third kappa shape index (κ3) is 4.22. The van der Waals surface area contributed by atoms with Crippen molar-refractivity contribution in [1.29, 1.82) is 0 Å². The minimum atomic E-state index is 0.127. The van der Waals surface area contributed by atoms with Crippen molar-refractivity contribution in [2.75, 3.05) is 26.3 Å². The molecule has 3 N–H and O–H groups in total. The summed E-state index contributed by atoms with van der Waals surface area (Å²) in [7, 11) is 0. The maximum atomic E-state index is 6.45. The zero-order valence-corrected chi connectivity index (χ0v) is 12.0. The van der Waals surface area contributed by atoms with Gasteiger partial charge in [0.15, 0.2) is 0 Å². The molecule has 0 aromatic rings. The number of nitrogens with two attached hydrogens (primary N) is 1. The monoisotopic (exact) mass is 254 g/mol. The summed E-state index contributed by atoms with van der Waals surface area (Å²) in [5.41, 5.74) is 7.02. The molecule has 0 spiro atoms. The average Bonchev–Trinajstić information content (AvgIpc) is 2.37. The molecule has 1 saturated heterocycles. The maximum Gasteiger partial charge on any atom is 0.0471 e. The van der Waals surface area contributed by atoms with E-state index in [4.69, 9.17) is 10.5 Å². The lowest BCUT2D eigenvalue weighted by molar-refractivity contribution is 0.0239. The molecule has 2 fully saturated rings. The Morgan fingerprint density at radius 2 is 1.72 bits per heavy atom. The molecule has 1 saturated carbocycles. The van der Waals surface area contributed by atoms with E-state index in [9.17, 15) is 0 Å². The Bertz CT molecular complexity index is 217. The van der Waals surface area contributed by atoms with Gasteiger partial charge in [-0.1, -0.05) is 26.2 Å². The summed E-state index contributed by atoms with van der Waals surface area (Å²) >= 11 is 0. The number of rotatable bonds is 5. The van der Waals surface area contributed by atoms with Crippen molar-refractivity contribution in [3.8, 4) is 0 Å². The zero-order valence-electron chi connectivity index (χ0n) is 12.0. The van der Waals surface area contributed by atoms with Gasteiger partial charge in [0.2, 0.25) is 0 Å². The van der Waals surface area contributed by atoms with Gasteiger partial charge in [0, 0.05) is 25.3 Å². The molecule has 1 aliphatic heterocycles. The highest BCUT2D eigenvalue weighted by Gasteiger charge is 2.29. The van der Waals surface area contributed by atoms with Gasteiger partial charge in [0.05, 0.1) is 0 Å². The zero-order chi connectivity index (χ0) is 12.9. The molecular weight excluding hydrogens is 224 g/mol. The first-order valence-electron chi connectivity index (χ1n) is 7.69. The third-order valence-electron chi connectivity index (χ3n) is 4.90. The Labute approximate surface area is 112 Å². The van der Waals surface area contributed by atoms with E-state index in [1.54, 1.807) is 0 Å². The first kappa shape index (κ1) is 14.3. The maximum absolute atomic E-state index is 6.45. The first-order valence-corrected chi connectivity index (χ1v) is 7.69. The molecule has 1 aliphatic carbocycles. The number of ether oxygens (including phenoxy) is 1. The molecular formula is C15H30N2O. The standard InChI is InChI=1S/C15H30N2O/c1-14(8-11-18-12-9-14)13-17-10-7-15(16)5-3-2-4-6-15/h17H,2-13,16H2,1H3. The van der Waals surface area contributed by atoms with E-state index in [1.165, 1.54) is 44.9 Å². The highest BCUT2D eigenvalue weighted by Crippen LogP contribution is 2.30. The smallest absolute Gasteiger partial charge is 0.0471 e. The van der Waals surface area contributed by atoms with Crippen LogP contribution in [-0.4, -0.2) is 31.8 Å².